The van der Waals surface area contributed by atoms with Crippen molar-refractivity contribution in [3.05, 3.63) is 70.7 Å². The first-order chi connectivity index (χ1) is 10.2. The molecule has 0 heterocycles. The van der Waals surface area contributed by atoms with Crippen LogP contribution in [0.3, 0.4) is 0 Å². The van der Waals surface area contributed by atoms with Gasteiger partial charge < -0.3 is 10.1 Å². The van der Waals surface area contributed by atoms with Crippen molar-refractivity contribution >= 4 is 21.6 Å². The Labute approximate surface area is 133 Å². The van der Waals surface area contributed by atoms with Gasteiger partial charge in [-0.3, -0.25) is 0 Å². The molecular weight excluding hydrogens is 328 g/mol. The van der Waals surface area contributed by atoms with Gasteiger partial charge in [0.15, 0.2) is 0 Å². The SMILES string of the molecule is C=CCOc1ccc(CNc2ccc(Br)cc2C#N)cc1. The molecule has 0 aromatic heterocycles. The first kappa shape index (κ1) is 15.1. The maximum atomic E-state index is 9.12. The monoisotopic (exact) mass is 342 g/mol. The summed E-state index contributed by atoms with van der Waals surface area (Å²) in [5, 5.41) is 12.4. The van der Waals surface area contributed by atoms with Gasteiger partial charge in [-0.15, -0.1) is 0 Å². The van der Waals surface area contributed by atoms with Crippen LogP contribution >= 0.6 is 15.9 Å². The molecule has 0 aliphatic rings. The van der Waals surface area contributed by atoms with Gasteiger partial charge in [-0.2, -0.15) is 5.26 Å². The van der Waals surface area contributed by atoms with Crippen molar-refractivity contribution in [2.24, 2.45) is 0 Å². The average molecular weight is 343 g/mol. The van der Waals surface area contributed by atoms with Crippen molar-refractivity contribution in [2.45, 2.75) is 6.54 Å². The molecule has 0 unspecified atom stereocenters. The lowest BCUT2D eigenvalue weighted by Crippen LogP contribution is -2.01. The number of halogens is 1. The molecule has 0 fully saturated rings. The number of nitrogens with zero attached hydrogens (tertiary/aromatic N) is 1. The molecule has 21 heavy (non-hydrogen) atoms. The highest BCUT2D eigenvalue weighted by molar-refractivity contribution is 9.10. The zero-order chi connectivity index (χ0) is 15.1. The second-order valence-corrected chi connectivity index (χ2v) is 5.31. The minimum Gasteiger partial charge on any atom is -0.490 e. The molecule has 1 N–H and O–H groups in total. The molecule has 2 rings (SSSR count). The Hall–Kier alpha value is -2.25. The van der Waals surface area contributed by atoms with Crippen LogP contribution in [0.1, 0.15) is 11.1 Å². The predicted molar refractivity (Wildman–Crippen MR) is 88.3 cm³/mol. The molecule has 0 atom stereocenters. The highest BCUT2D eigenvalue weighted by Crippen LogP contribution is 2.21. The Morgan fingerprint density at radius 1 is 1.24 bits per heavy atom. The fourth-order valence-electron chi connectivity index (χ4n) is 1.82. The van der Waals surface area contributed by atoms with E-state index >= 15 is 0 Å². The Morgan fingerprint density at radius 3 is 2.67 bits per heavy atom. The van der Waals surface area contributed by atoms with E-state index < -0.39 is 0 Å². The molecule has 4 heteroatoms. The van der Waals surface area contributed by atoms with Crippen LogP contribution in [-0.2, 0) is 6.54 Å². The van der Waals surface area contributed by atoms with E-state index in [1.165, 1.54) is 0 Å². The zero-order valence-electron chi connectivity index (χ0n) is 11.5. The molecule has 0 aliphatic carbocycles. The molecule has 106 valence electrons. The molecule has 0 saturated heterocycles. The number of ether oxygens (including phenoxy) is 1. The Balaban J connectivity index is 2.00. The quantitative estimate of drug-likeness (QED) is 0.786. The molecule has 3 nitrogen and oxygen atoms in total. The lowest BCUT2D eigenvalue weighted by Gasteiger charge is -2.09. The molecule has 0 aliphatic heterocycles. The van der Waals surface area contributed by atoms with Gasteiger partial charge in [0.1, 0.15) is 18.4 Å². The number of nitrogens with one attached hydrogen (secondary N) is 1. The van der Waals surface area contributed by atoms with Gasteiger partial charge in [-0.1, -0.05) is 40.7 Å². The number of rotatable bonds is 6. The van der Waals surface area contributed by atoms with E-state index in [1.807, 2.05) is 36.4 Å². The van der Waals surface area contributed by atoms with Crippen molar-refractivity contribution in [1.29, 1.82) is 5.26 Å². The van der Waals surface area contributed by atoms with Crippen LogP contribution in [0.15, 0.2) is 59.6 Å². The maximum Gasteiger partial charge on any atom is 0.119 e. The van der Waals surface area contributed by atoms with Gasteiger partial charge in [0.2, 0.25) is 0 Å². The fourth-order valence-corrected chi connectivity index (χ4v) is 2.18. The third-order valence-electron chi connectivity index (χ3n) is 2.88. The third-order valence-corrected chi connectivity index (χ3v) is 3.37. The fraction of sp³-hybridized carbons (Fsp3) is 0.118. The lowest BCUT2D eigenvalue weighted by atomic mass is 10.1. The smallest absolute Gasteiger partial charge is 0.119 e. The third kappa shape index (κ3) is 4.37. The summed E-state index contributed by atoms with van der Waals surface area (Å²) in [5.41, 5.74) is 2.57. The molecule has 2 aromatic rings. The summed E-state index contributed by atoms with van der Waals surface area (Å²) >= 11 is 3.36. The van der Waals surface area contributed by atoms with Crippen LogP contribution in [0.4, 0.5) is 5.69 Å². The minimum atomic E-state index is 0.502. The zero-order valence-corrected chi connectivity index (χ0v) is 13.1. The van der Waals surface area contributed by atoms with Crippen LogP contribution in [0.5, 0.6) is 5.75 Å². The van der Waals surface area contributed by atoms with Crippen LogP contribution in [0.2, 0.25) is 0 Å². The van der Waals surface area contributed by atoms with Gasteiger partial charge in [0.25, 0.3) is 0 Å². The molecule has 0 bridgehead atoms. The van der Waals surface area contributed by atoms with E-state index in [1.54, 1.807) is 12.1 Å². The molecule has 0 radical (unpaired) electrons. The van der Waals surface area contributed by atoms with Gasteiger partial charge in [0.05, 0.1) is 11.3 Å². The summed E-state index contributed by atoms with van der Waals surface area (Å²) in [6.07, 6.45) is 1.71. The first-order valence-corrected chi connectivity index (χ1v) is 7.28. The average Bonchev–Trinajstić information content (AvgIpc) is 2.52. The van der Waals surface area contributed by atoms with Crippen LogP contribution in [0, 0.1) is 11.3 Å². The summed E-state index contributed by atoms with van der Waals surface area (Å²) in [5.74, 6) is 0.819. The Bertz CT molecular complexity index is 659. The van der Waals surface area contributed by atoms with E-state index in [4.69, 9.17) is 10.00 Å². The molecule has 0 amide bonds. The van der Waals surface area contributed by atoms with Crippen molar-refractivity contribution < 1.29 is 4.74 Å². The lowest BCUT2D eigenvalue weighted by molar-refractivity contribution is 0.363. The number of anilines is 1. The van der Waals surface area contributed by atoms with Crippen molar-refractivity contribution in [3.8, 4) is 11.8 Å². The number of hydrogen-bond acceptors (Lipinski definition) is 3. The second kappa shape index (κ2) is 7.51. The molecule has 0 saturated carbocycles. The molecular formula is C17H15BrN2O. The summed E-state index contributed by atoms with van der Waals surface area (Å²) < 4.78 is 6.33. The molecule has 2 aromatic carbocycles. The largest absolute Gasteiger partial charge is 0.490 e. The van der Waals surface area contributed by atoms with E-state index in [9.17, 15) is 0 Å². The van der Waals surface area contributed by atoms with Crippen molar-refractivity contribution in [2.75, 3.05) is 11.9 Å². The topological polar surface area (TPSA) is 45.0 Å². The summed E-state index contributed by atoms with van der Waals surface area (Å²) in [4.78, 5) is 0. The normalized spacial score (nSPS) is 9.71. The first-order valence-electron chi connectivity index (χ1n) is 6.49. The highest BCUT2D eigenvalue weighted by Gasteiger charge is 2.02. The van der Waals surface area contributed by atoms with E-state index in [0.29, 0.717) is 18.7 Å². The van der Waals surface area contributed by atoms with Gasteiger partial charge in [-0.25, -0.2) is 0 Å². The van der Waals surface area contributed by atoms with Crippen molar-refractivity contribution in [1.82, 2.24) is 0 Å². The van der Waals surface area contributed by atoms with Crippen LogP contribution in [0.25, 0.3) is 0 Å². The van der Waals surface area contributed by atoms with Gasteiger partial charge in [-0.05, 0) is 35.9 Å². The second-order valence-electron chi connectivity index (χ2n) is 4.40. The van der Waals surface area contributed by atoms with E-state index in [2.05, 4.69) is 33.9 Å². The summed E-state index contributed by atoms with van der Waals surface area (Å²) in [6.45, 7) is 4.77. The van der Waals surface area contributed by atoms with Crippen LogP contribution in [-0.4, -0.2) is 6.61 Å². The van der Waals surface area contributed by atoms with Gasteiger partial charge in [0, 0.05) is 11.0 Å². The number of hydrogen-bond donors (Lipinski definition) is 1. The molecule has 0 spiro atoms. The number of benzene rings is 2. The van der Waals surface area contributed by atoms with Crippen LogP contribution < -0.4 is 10.1 Å². The van der Waals surface area contributed by atoms with Gasteiger partial charge >= 0.3 is 0 Å². The Kier molecular flexibility index (Phi) is 5.42. The standard InChI is InChI=1S/C17H15BrN2O/c1-2-9-21-16-6-3-13(4-7-16)12-20-17-8-5-15(18)10-14(17)11-19/h2-8,10,20H,1,9,12H2. The van der Waals surface area contributed by atoms with Crippen molar-refractivity contribution in [3.63, 3.8) is 0 Å². The number of nitriles is 1. The van der Waals surface area contributed by atoms with E-state index in [-0.39, 0.29) is 0 Å². The predicted octanol–water partition coefficient (Wildman–Crippen LogP) is 4.50. The van der Waals surface area contributed by atoms with E-state index in [0.717, 1.165) is 21.5 Å². The highest BCUT2D eigenvalue weighted by atomic mass is 79.9. The maximum absolute atomic E-state index is 9.12. The minimum absolute atomic E-state index is 0.502. The Morgan fingerprint density at radius 2 is 2.00 bits per heavy atom. The summed E-state index contributed by atoms with van der Waals surface area (Å²) in [7, 11) is 0. The summed E-state index contributed by atoms with van der Waals surface area (Å²) in [6, 6.07) is 15.6.